The molecular weight excluding hydrogens is 385 g/mol. The fourth-order valence-corrected chi connectivity index (χ4v) is 3.13. The van der Waals surface area contributed by atoms with Crippen molar-refractivity contribution in [3.05, 3.63) is 67.9 Å². The van der Waals surface area contributed by atoms with Gasteiger partial charge in [-0.1, -0.05) is 37.9 Å². The Balaban J connectivity index is 2.33. The second kappa shape index (κ2) is 6.83. The van der Waals surface area contributed by atoms with E-state index in [1.54, 1.807) is 6.07 Å². The quantitative estimate of drug-likeness (QED) is 0.747. The molecule has 1 atom stereocenters. The summed E-state index contributed by atoms with van der Waals surface area (Å²) >= 11 is 7.08. The monoisotopic (exact) mass is 399 g/mol. The normalized spacial score (nSPS) is 12.4. The van der Waals surface area contributed by atoms with Gasteiger partial charge in [-0.25, -0.2) is 4.39 Å². The van der Waals surface area contributed by atoms with Gasteiger partial charge in [-0.15, -0.1) is 0 Å². The Morgan fingerprint density at radius 3 is 2.60 bits per heavy atom. The maximum absolute atomic E-state index is 13.4. The van der Waals surface area contributed by atoms with Gasteiger partial charge in [-0.3, -0.25) is 0 Å². The molecule has 0 aliphatic carbocycles. The van der Waals surface area contributed by atoms with Crippen LogP contribution in [0.2, 0.25) is 0 Å². The van der Waals surface area contributed by atoms with Gasteiger partial charge < -0.3 is 5.32 Å². The Morgan fingerprint density at radius 2 is 1.90 bits per heavy atom. The summed E-state index contributed by atoms with van der Waals surface area (Å²) in [7, 11) is 1.92. The topological polar surface area (TPSA) is 12.0 Å². The highest BCUT2D eigenvalue weighted by Gasteiger charge is 2.15. The number of rotatable bonds is 4. The molecule has 2 rings (SSSR count). The third-order valence-electron chi connectivity index (χ3n) is 3.42. The van der Waals surface area contributed by atoms with Gasteiger partial charge in [0.25, 0.3) is 0 Å². The molecule has 20 heavy (non-hydrogen) atoms. The third kappa shape index (κ3) is 3.68. The summed E-state index contributed by atoms with van der Waals surface area (Å²) in [5.74, 6) is -0.186. The Bertz CT molecular complexity index is 613. The van der Waals surface area contributed by atoms with Crippen molar-refractivity contribution < 1.29 is 4.39 Å². The minimum atomic E-state index is -0.186. The highest BCUT2D eigenvalue weighted by Crippen LogP contribution is 2.29. The van der Waals surface area contributed by atoms with Crippen molar-refractivity contribution in [3.63, 3.8) is 0 Å². The summed E-state index contributed by atoms with van der Waals surface area (Å²) in [6.07, 6.45) is 0.745. The molecule has 0 bridgehead atoms. The first-order valence-corrected chi connectivity index (χ1v) is 7.97. The number of benzene rings is 2. The van der Waals surface area contributed by atoms with E-state index in [0.717, 1.165) is 32.1 Å². The molecule has 4 heteroatoms. The van der Waals surface area contributed by atoms with Crippen molar-refractivity contribution in [2.45, 2.75) is 19.4 Å². The second-order valence-corrected chi connectivity index (χ2v) is 6.55. The van der Waals surface area contributed by atoms with Gasteiger partial charge in [0.2, 0.25) is 0 Å². The van der Waals surface area contributed by atoms with Crippen LogP contribution in [0.5, 0.6) is 0 Å². The molecule has 1 nitrogen and oxygen atoms in total. The van der Waals surface area contributed by atoms with Gasteiger partial charge in [-0.2, -0.15) is 0 Å². The van der Waals surface area contributed by atoms with Crippen LogP contribution in [-0.4, -0.2) is 7.05 Å². The van der Waals surface area contributed by atoms with Crippen LogP contribution in [0.4, 0.5) is 4.39 Å². The second-order valence-electron chi connectivity index (χ2n) is 4.78. The fraction of sp³-hybridized carbons (Fsp3) is 0.250. The fourth-order valence-electron chi connectivity index (χ4n) is 2.23. The van der Waals surface area contributed by atoms with Gasteiger partial charge in [0.05, 0.1) is 0 Å². The largest absolute Gasteiger partial charge is 0.313 e. The molecule has 0 aromatic heterocycles. The molecule has 0 aliphatic rings. The van der Waals surface area contributed by atoms with Crippen molar-refractivity contribution in [3.8, 4) is 0 Å². The molecule has 2 aromatic rings. The Morgan fingerprint density at radius 1 is 1.15 bits per heavy atom. The number of halogens is 3. The van der Waals surface area contributed by atoms with E-state index >= 15 is 0 Å². The molecule has 1 unspecified atom stereocenters. The standard InChI is InChI=1S/C16H16Br2FN/c1-10-3-5-13(19)7-11(10)8-16(20-2)14-9-12(17)4-6-15(14)18/h3-7,9,16,20H,8H2,1-2H3. The summed E-state index contributed by atoms with van der Waals surface area (Å²) < 4.78 is 15.5. The average Bonchev–Trinajstić information content (AvgIpc) is 2.42. The highest BCUT2D eigenvalue weighted by atomic mass is 79.9. The first-order valence-electron chi connectivity index (χ1n) is 6.38. The molecule has 0 saturated heterocycles. The van der Waals surface area contributed by atoms with E-state index in [0.29, 0.717) is 0 Å². The van der Waals surface area contributed by atoms with Crippen LogP contribution in [0.15, 0.2) is 45.3 Å². The predicted octanol–water partition coefficient (Wildman–Crippen LogP) is 5.16. The van der Waals surface area contributed by atoms with Crippen molar-refractivity contribution in [1.29, 1.82) is 0 Å². The van der Waals surface area contributed by atoms with Crippen LogP contribution in [0.3, 0.4) is 0 Å². The van der Waals surface area contributed by atoms with Crippen LogP contribution >= 0.6 is 31.9 Å². The van der Waals surface area contributed by atoms with E-state index in [2.05, 4.69) is 43.2 Å². The molecule has 0 heterocycles. The van der Waals surface area contributed by atoms with Crippen molar-refractivity contribution in [1.82, 2.24) is 5.32 Å². The molecular formula is C16H16Br2FN. The number of aryl methyl sites for hydroxylation is 1. The highest BCUT2D eigenvalue weighted by molar-refractivity contribution is 9.11. The Hall–Kier alpha value is -0.710. The molecule has 0 aliphatic heterocycles. The number of hydrogen-bond donors (Lipinski definition) is 1. The van der Waals surface area contributed by atoms with Crippen LogP contribution < -0.4 is 5.32 Å². The van der Waals surface area contributed by atoms with E-state index < -0.39 is 0 Å². The lowest BCUT2D eigenvalue weighted by atomic mass is 9.96. The van der Waals surface area contributed by atoms with Crippen LogP contribution in [0.25, 0.3) is 0 Å². The van der Waals surface area contributed by atoms with Gasteiger partial charge >= 0.3 is 0 Å². The molecule has 2 aromatic carbocycles. The lowest BCUT2D eigenvalue weighted by molar-refractivity contribution is 0.580. The molecule has 0 fully saturated rings. The summed E-state index contributed by atoms with van der Waals surface area (Å²) in [5.41, 5.74) is 3.29. The average molecular weight is 401 g/mol. The minimum absolute atomic E-state index is 0.127. The molecule has 0 saturated carbocycles. The smallest absolute Gasteiger partial charge is 0.123 e. The van der Waals surface area contributed by atoms with E-state index in [4.69, 9.17) is 0 Å². The SMILES string of the molecule is CNC(Cc1cc(F)ccc1C)c1cc(Br)ccc1Br. The van der Waals surface area contributed by atoms with Crippen LogP contribution in [0, 0.1) is 12.7 Å². The first-order chi connectivity index (χ1) is 9.51. The van der Waals surface area contributed by atoms with Crippen molar-refractivity contribution >= 4 is 31.9 Å². The number of nitrogens with one attached hydrogen (secondary N) is 1. The summed E-state index contributed by atoms with van der Waals surface area (Å²) in [5, 5.41) is 3.31. The molecule has 1 N–H and O–H groups in total. The molecule has 106 valence electrons. The maximum atomic E-state index is 13.4. The maximum Gasteiger partial charge on any atom is 0.123 e. The van der Waals surface area contributed by atoms with E-state index in [1.165, 1.54) is 6.07 Å². The zero-order valence-corrected chi connectivity index (χ0v) is 14.6. The van der Waals surface area contributed by atoms with Crippen molar-refractivity contribution in [2.24, 2.45) is 0 Å². The van der Waals surface area contributed by atoms with E-state index in [9.17, 15) is 4.39 Å². The summed E-state index contributed by atoms with van der Waals surface area (Å²) in [6, 6.07) is 11.2. The zero-order chi connectivity index (χ0) is 14.7. The lowest BCUT2D eigenvalue weighted by Crippen LogP contribution is -2.20. The van der Waals surface area contributed by atoms with Gasteiger partial charge in [0, 0.05) is 15.0 Å². The molecule has 0 radical (unpaired) electrons. The molecule has 0 spiro atoms. The lowest BCUT2D eigenvalue weighted by Gasteiger charge is -2.20. The van der Waals surface area contributed by atoms with E-state index in [1.807, 2.05) is 32.2 Å². The predicted molar refractivity (Wildman–Crippen MR) is 88.5 cm³/mol. The molecule has 0 amide bonds. The third-order valence-corrected chi connectivity index (χ3v) is 4.63. The zero-order valence-electron chi connectivity index (χ0n) is 11.4. The van der Waals surface area contributed by atoms with Gasteiger partial charge in [0.15, 0.2) is 0 Å². The summed E-state index contributed by atoms with van der Waals surface area (Å²) in [6.45, 7) is 2.01. The Labute approximate surface area is 135 Å². The minimum Gasteiger partial charge on any atom is -0.313 e. The first kappa shape index (κ1) is 15.7. The van der Waals surface area contributed by atoms with Gasteiger partial charge in [-0.05, 0) is 67.4 Å². The van der Waals surface area contributed by atoms with E-state index in [-0.39, 0.29) is 11.9 Å². The van der Waals surface area contributed by atoms with Crippen LogP contribution in [-0.2, 0) is 6.42 Å². The number of hydrogen-bond acceptors (Lipinski definition) is 1. The number of likely N-dealkylation sites (N-methyl/N-ethyl adjacent to an activating group) is 1. The van der Waals surface area contributed by atoms with Crippen LogP contribution in [0.1, 0.15) is 22.7 Å². The van der Waals surface area contributed by atoms with Gasteiger partial charge in [0.1, 0.15) is 5.82 Å². The Kier molecular flexibility index (Phi) is 5.35. The summed E-state index contributed by atoms with van der Waals surface area (Å²) in [4.78, 5) is 0. The van der Waals surface area contributed by atoms with Crippen molar-refractivity contribution in [2.75, 3.05) is 7.05 Å².